The van der Waals surface area contributed by atoms with Crippen LogP contribution in [-0.2, 0) is 28.6 Å². The van der Waals surface area contributed by atoms with E-state index in [1.807, 2.05) is 0 Å². The lowest BCUT2D eigenvalue weighted by Crippen LogP contribution is -2.30. The highest BCUT2D eigenvalue weighted by atomic mass is 16.6. The van der Waals surface area contributed by atoms with E-state index in [0.717, 1.165) is 89.9 Å². The van der Waals surface area contributed by atoms with E-state index < -0.39 is 6.10 Å². The van der Waals surface area contributed by atoms with Gasteiger partial charge in [0.2, 0.25) is 0 Å². The van der Waals surface area contributed by atoms with E-state index in [2.05, 4.69) is 81.5 Å². The first kappa shape index (κ1) is 62.1. The molecule has 0 saturated carbocycles. The van der Waals surface area contributed by atoms with E-state index in [1.165, 1.54) is 148 Å². The molecular formula is C59H104O6. The van der Waals surface area contributed by atoms with Crippen molar-refractivity contribution in [3.8, 4) is 0 Å². The Bertz CT molecular complexity index is 1180. The standard InChI is InChI=1S/C59H104O6/c1-4-7-10-13-16-19-22-25-27-29-30-31-33-34-37-40-43-46-49-52-58(61)64-55-56(54-63-57(60)51-48-45-42-39-36-24-21-18-15-12-9-6-3)65-59(62)53-50-47-44-41-38-35-32-28-26-23-20-17-14-11-8-5-2/h8,11,17,20,26,28-30,35,38,56H,4-7,9-10,12-16,18-19,21-25,27,31-34,36-37,39-55H2,1-3H3/b11-8-,20-17-,28-26-,30-29-,38-35-. The molecule has 1 unspecified atom stereocenters. The first-order valence-corrected chi connectivity index (χ1v) is 27.8. The summed E-state index contributed by atoms with van der Waals surface area (Å²) in [4.78, 5) is 38.1. The third kappa shape index (κ3) is 51.9. The second-order valence-electron chi connectivity index (χ2n) is 18.5. The number of hydrogen-bond donors (Lipinski definition) is 0. The monoisotopic (exact) mass is 909 g/mol. The van der Waals surface area contributed by atoms with Crippen molar-refractivity contribution < 1.29 is 28.6 Å². The van der Waals surface area contributed by atoms with Gasteiger partial charge in [0.1, 0.15) is 13.2 Å². The predicted molar refractivity (Wildman–Crippen MR) is 279 cm³/mol. The molecule has 0 aromatic heterocycles. The molecule has 0 fully saturated rings. The van der Waals surface area contributed by atoms with Gasteiger partial charge in [-0.15, -0.1) is 0 Å². The maximum absolute atomic E-state index is 12.8. The molecule has 0 aliphatic carbocycles. The van der Waals surface area contributed by atoms with E-state index >= 15 is 0 Å². The molecule has 0 N–H and O–H groups in total. The third-order valence-electron chi connectivity index (χ3n) is 12.0. The SMILES string of the molecule is CC/C=C\C/C=C\C/C=C\C/C=C\CCCCCC(=O)OC(COC(=O)CCCCCCCCC/C=C\CCCCCCCCCC)COC(=O)CCCCCCCCCCCCCC. The molecule has 0 amide bonds. The molecule has 0 aromatic rings. The van der Waals surface area contributed by atoms with Crippen molar-refractivity contribution in [3.05, 3.63) is 60.8 Å². The number of carbonyl (C=O) groups excluding carboxylic acids is 3. The van der Waals surface area contributed by atoms with Crippen LogP contribution < -0.4 is 0 Å². The molecule has 1 atom stereocenters. The van der Waals surface area contributed by atoms with Crippen molar-refractivity contribution in [2.75, 3.05) is 13.2 Å². The molecule has 0 bridgehead atoms. The fourth-order valence-corrected chi connectivity index (χ4v) is 7.84. The molecule has 376 valence electrons. The lowest BCUT2D eigenvalue weighted by atomic mass is 10.0. The van der Waals surface area contributed by atoms with Gasteiger partial charge in [0, 0.05) is 19.3 Å². The van der Waals surface area contributed by atoms with Gasteiger partial charge in [-0.1, -0.05) is 236 Å². The molecule has 0 aromatic carbocycles. The number of hydrogen-bond acceptors (Lipinski definition) is 6. The van der Waals surface area contributed by atoms with Gasteiger partial charge in [0.15, 0.2) is 6.10 Å². The van der Waals surface area contributed by atoms with Gasteiger partial charge < -0.3 is 14.2 Å². The van der Waals surface area contributed by atoms with Crippen molar-refractivity contribution in [1.29, 1.82) is 0 Å². The van der Waals surface area contributed by atoms with Crippen LogP contribution in [0.3, 0.4) is 0 Å². The Kier molecular flexibility index (Phi) is 51.3. The molecule has 0 heterocycles. The zero-order valence-corrected chi connectivity index (χ0v) is 43.0. The van der Waals surface area contributed by atoms with Gasteiger partial charge in [-0.05, 0) is 83.5 Å². The average Bonchev–Trinajstić information content (AvgIpc) is 3.30. The van der Waals surface area contributed by atoms with Gasteiger partial charge in [-0.25, -0.2) is 0 Å². The summed E-state index contributed by atoms with van der Waals surface area (Å²) < 4.78 is 16.8. The summed E-state index contributed by atoms with van der Waals surface area (Å²) in [6.07, 6.45) is 66.4. The Morgan fingerprint density at radius 3 is 0.969 bits per heavy atom. The topological polar surface area (TPSA) is 78.9 Å². The van der Waals surface area contributed by atoms with Crippen LogP contribution in [-0.4, -0.2) is 37.2 Å². The van der Waals surface area contributed by atoms with E-state index in [4.69, 9.17) is 14.2 Å². The molecule has 6 nitrogen and oxygen atoms in total. The largest absolute Gasteiger partial charge is 0.462 e. The Hall–Kier alpha value is -2.89. The normalized spacial score (nSPS) is 12.5. The van der Waals surface area contributed by atoms with Crippen LogP contribution in [0.5, 0.6) is 0 Å². The summed E-state index contributed by atoms with van der Waals surface area (Å²) in [5.41, 5.74) is 0. The lowest BCUT2D eigenvalue weighted by Gasteiger charge is -2.18. The summed E-state index contributed by atoms with van der Waals surface area (Å²) in [6.45, 7) is 6.51. The van der Waals surface area contributed by atoms with Crippen LogP contribution >= 0.6 is 0 Å². The summed E-state index contributed by atoms with van der Waals surface area (Å²) in [6, 6.07) is 0. The fourth-order valence-electron chi connectivity index (χ4n) is 7.84. The van der Waals surface area contributed by atoms with Crippen molar-refractivity contribution in [1.82, 2.24) is 0 Å². The number of rotatable bonds is 50. The molecule has 0 radical (unpaired) electrons. The summed E-state index contributed by atoms with van der Waals surface area (Å²) in [7, 11) is 0. The highest BCUT2D eigenvalue weighted by Gasteiger charge is 2.19. The molecule has 6 heteroatoms. The lowest BCUT2D eigenvalue weighted by molar-refractivity contribution is -0.167. The molecule has 0 aliphatic rings. The van der Waals surface area contributed by atoms with Gasteiger partial charge in [0.05, 0.1) is 0 Å². The van der Waals surface area contributed by atoms with E-state index in [0.29, 0.717) is 19.3 Å². The van der Waals surface area contributed by atoms with Crippen molar-refractivity contribution >= 4 is 17.9 Å². The Morgan fingerprint density at radius 2 is 0.600 bits per heavy atom. The van der Waals surface area contributed by atoms with E-state index in [-0.39, 0.29) is 31.1 Å². The maximum Gasteiger partial charge on any atom is 0.306 e. The Morgan fingerprint density at radius 1 is 0.323 bits per heavy atom. The molecule has 0 saturated heterocycles. The second kappa shape index (κ2) is 53.7. The Balaban J connectivity index is 4.39. The third-order valence-corrected chi connectivity index (χ3v) is 12.0. The summed E-state index contributed by atoms with van der Waals surface area (Å²) in [5, 5.41) is 0. The van der Waals surface area contributed by atoms with E-state index in [1.54, 1.807) is 0 Å². The quantitative estimate of drug-likeness (QED) is 0.0262. The minimum absolute atomic E-state index is 0.0863. The number of unbranched alkanes of at least 4 members (excludes halogenated alkanes) is 29. The first-order valence-electron chi connectivity index (χ1n) is 27.8. The number of esters is 3. The van der Waals surface area contributed by atoms with Crippen LogP contribution in [0, 0.1) is 0 Å². The number of ether oxygens (including phenoxy) is 3. The van der Waals surface area contributed by atoms with Crippen molar-refractivity contribution in [3.63, 3.8) is 0 Å². The highest BCUT2D eigenvalue weighted by Crippen LogP contribution is 2.15. The average molecular weight is 909 g/mol. The van der Waals surface area contributed by atoms with Crippen LogP contribution in [0.15, 0.2) is 60.8 Å². The van der Waals surface area contributed by atoms with Crippen LogP contribution in [0.4, 0.5) is 0 Å². The van der Waals surface area contributed by atoms with Gasteiger partial charge in [-0.2, -0.15) is 0 Å². The Labute approximate surface area is 402 Å². The van der Waals surface area contributed by atoms with Crippen LogP contribution in [0.25, 0.3) is 0 Å². The van der Waals surface area contributed by atoms with Gasteiger partial charge in [0.25, 0.3) is 0 Å². The summed E-state index contributed by atoms with van der Waals surface area (Å²) >= 11 is 0. The van der Waals surface area contributed by atoms with Gasteiger partial charge >= 0.3 is 17.9 Å². The minimum atomic E-state index is -0.790. The molecule has 0 spiro atoms. The summed E-state index contributed by atoms with van der Waals surface area (Å²) in [5.74, 6) is -0.914. The van der Waals surface area contributed by atoms with Crippen molar-refractivity contribution in [2.45, 2.75) is 284 Å². The molecule has 0 aliphatic heterocycles. The number of carbonyl (C=O) groups is 3. The van der Waals surface area contributed by atoms with E-state index in [9.17, 15) is 14.4 Å². The van der Waals surface area contributed by atoms with Crippen molar-refractivity contribution in [2.24, 2.45) is 0 Å². The molecule has 65 heavy (non-hydrogen) atoms. The minimum Gasteiger partial charge on any atom is -0.462 e. The second-order valence-corrected chi connectivity index (χ2v) is 18.5. The zero-order chi connectivity index (χ0) is 47.2. The maximum atomic E-state index is 12.8. The fraction of sp³-hybridized carbons (Fsp3) is 0.780. The zero-order valence-electron chi connectivity index (χ0n) is 43.0. The highest BCUT2D eigenvalue weighted by molar-refractivity contribution is 5.71. The van der Waals surface area contributed by atoms with Gasteiger partial charge in [-0.3, -0.25) is 14.4 Å². The first-order chi connectivity index (χ1) is 32.0. The molecule has 0 rings (SSSR count). The van der Waals surface area contributed by atoms with Crippen LogP contribution in [0.1, 0.15) is 278 Å². The number of allylic oxidation sites excluding steroid dienone is 10. The predicted octanol–water partition coefficient (Wildman–Crippen LogP) is 18.4. The van der Waals surface area contributed by atoms with Crippen LogP contribution in [0.2, 0.25) is 0 Å². The molecular weight excluding hydrogens is 805 g/mol. The smallest absolute Gasteiger partial charge is 0.306 e.